The monoisotopic (exact) mass is 480 g/mol. The predicted molar refractivity (Wildman–Crippen MR) is 123 cm³/mol. The minimum absolute atomic E-state index is 0.397. The molecule has 1 aliphatic rings. The van der Waals surface area contributed by atoms with Crippen molar-refractivity contribution in [2.24, 2.45) is 0 Å². The molecular weight excluding hydrogens is 456 g/mol. The lowest BCUT2D eigenvalue weighted by Gasteiger charge is -2.35. The topological polar surface area (TPSA) is 92.5 Å². The van der Waals surface area contributed by atoms with Crippen molar-refractivity contribution < 1.29 is 17.9 Å². The van der Waals surface area contributed by atoms with Crippen LogP contribution < -0.4 is 14.4 Å². The molecule has 0 spiro atoms. The number of benzene rings is 1. The fraction of sp³-hybridized carbons (Fsp3) is 0.400. The van der Waals surface area contributed by atoms with Crippen LogP contribution in [0.2, 0.25) is 5.02 Å². The first-order chi connectivity index (χ1) is 15.2. The Labute approximate surface area is 192 Å². The molecule has 0 bridgehead atoms. The van der Waals surface area contributed by atoms with Crippen LogP contribution in [0.5, 0.6) is 11.5 Å². The lowest BCUT2D eigenvalue weighted by Crippen LogP contribution is -2.51. The number of fused-ring (bicyclic) bond motifs is 1. The summed E-state index contributed by atoms with van der Waals surface area (Å²) in [6.07, 6.45) is 3.74. The van der Waals surface area contributed by atoms with Crippen LogP contribution in [0.4, 0.5) is 5.82 Å². The van der Waals surface area contributed by atoms with Crippen molar-refractivity contribution in [1.29, 1.82) is 0 Å². The molecule has 0 N–H and O–H groups in total. The second kappa shape index (κ2) is 8.74. The van der Waals surface area contributed by atoms with Crippen LogP contribution in [-0.4, -0.2) is 85.9 Å². The minimum Gasteiger partial charge on any atom is -0.496 e. The van der Waals surface area contributed by atoms with Gasteiger partial charge in [0.2, 0.25) is 5.78 Å². The number of hydrogen-bond donors (Lipinski definition) is 0. The van der Waals surface area contributed by atoms with Crippen molar-refractivity contribution in [3.8, 4) is 22.8 Å². The van der Waals surface area contributed by atoms with Crippen LogP contribution in [0, 0.1) is 0 Å². The largest absolute Gasteiger partial charge is 0.496 e. The fourth-order valence-corrected chi connectivity index (χ4v) is 4.94. The van der Waals surface area contributed by atoms with Crippen molar-refractivity contribution >= 4 is 33.4 Å². The Hall–Kier alpha value is -2.60. The first-order valence-corrected chi connectivity index (χ1v) is 11.7. The maximum Gasteiger partial charge on any atom is 0.281 e. The minimum atomic E-state index is -3.41. The number of hydrogen-bond acceptors (Lipinski definition) is 7. The zero-order valence-corrected chi connectivity index (χ0v) is 19.9. The van der Waals surface area contributed by atoms with Gasteiger partial charge in [-0.3, -0.25) is 4.40 Å². The van der Waals surface area contributed by atoms with Gasteiger partial charge in [-0.05, 0) is 12.1 Å². The van der Waals surface area contributed by atoms with Gasteiger partial charge >= 0.3 is 0 Å². The number of nitrogens with zero attached hydrogens (tertiary/aromatic N) is 6. The molecule has 10 nitrogen and oxygen atoms in total. The first-order valence-electron chi connectivity index (χ1n) is 9.94. The summed E-state index contributed by atoms with van der Waals surface area (Å²) in [6, 6.07) is 5.38. The number of methoxy groups -OCH3 is 2. The summed E-state index contributed by atoms with van der Waals surface area (Å²) in [4.78, 5) is 11.4. The molecule has 0 aliphatic carbocycles. The van der Waals surface area contributed by atoms with Crippen molar-refractivity contribution in [3.63, 3.8) is 0 Å². The van der Waals surface area contributed by atoms with Gasteiger partial charge in [0.05, 0.1) is 24.9 Å². The molecule has 1 fully saturated rings. The van der Waals surface area contributed by atoms with E-state index in [2.05, 4.69) is 14.9 Å². The quantitative estimate of drug-likeness (QED) is 0.532. The first kappa shape index (κ1) is 22.6. The molecule has 32 heavy (non-hydrogen) atoms. The maximum atomic E-state index is 12.3. The summed E-state index contributed by atoms with van der Waals surface area (Å²) in [6.45, 7) is 1.89. The molecule has 1 aromatic carbocycles. The van der Waals surface area contributed by atoms with Gasteiger partial charge in [0.15, 0.2) is 0 Å². The Morgan fingerprint density at radius 2 is 1.72 bits per heavy atom. The molecular formula is C20H25ClN6O4S. The molecule has 0 radical (unpaired) electrons. The highest BCUT2D eigenvalue weighted by atomic mass is 35.5. The predicted octanol–water partition coefficient (Wildman–Crippen LogP) is 2.00. The molecule has 0 unspecified atom stereocenters. The van der Waals surface area contributed by atoms with Crippen molar-refractivity contribution in [1.82, 2.24) is 23.0 Å². The molecule has 172 valence electrons. The number of halogens is 1. The number of imidazole rings is 1. The van der Waals surface area contributed by atoms with Gasteiger partial charge in [-0.25, -0.2) is 4.98 Å². The molecule has 0 saturated carbocycles. The lowest BCUT2D eigenvalue weighted by molar-refractivity contribution is 0.355. The third-order valence-corrected chi connectivity index (χ3v) is 7.65. The van der Waals surface area contributed by atoms with Crippen LogP contribution in [0.25, 0.3) is 17.0 Å². The number of aromatic nitrogens is 3. The summed E-state index contributed by atoms with van der Waals surface area (Å²) < 4.78 is 40.0. The van der Waals surface area contributed by atoms with Crippen molar-refractivity contribution in [2.75, 3.05) is 59.4 Å². The molecule has 4 rings (SSSR count). The molecule has 12 heteroatoms. The van der Waals surface area contributed by atoms with Crippen molar-refractivity contribution in [3.05, 3.63) is 35.6 Å². The molecule has 1 saturated heterocycles. The van der Waals surface area contributed by atoms with E-state index in [4.69, 9.17) is 21.1 Å². The average Bonchev–Trinajstić information content (AvgIpc) is 3.22. The summed E-state index contributed by atoms with van der Waals surface area (Å²) in [5, 5.41) is 0.458. The Balaban J connectivity index is 1.59. The van der Waals surface area contributed by atoms with Gasteiger partial charge in [0, 0.05) is 64.3 Å². The van der Waals surface area contributed by atoms with Crippen LogP contribution >= 0.6 is 11.6 Å². The van der Waals surface area contributed by atoms with Gasteiger partial charge in [-0.1, -0.05) is 11.6 Å². The zero-order valence-electron chi connectivity index (χ0n) is 18.3. The number of anilines is 1. The zero-order chi connectivity index (χ0) is 23.0. The van der Waals surface area contributed by atoms with E-state index in [9.17, 15) is 8.42 Å². The molecule has 0 amide bonds. The van der Waals surface area contributed by atoms with Gasteiger partial charge in [-0.15, -0.1) is 0 Å². The standard InChI is InChI=1S/C20H25ClN6O4S/c1-24(2)32(28,29)27-9-7-25(8-10-27)19-5-6-26-13-16(22-20(26)23-19)14-11-15(21)18(31-4)12-17(14)30-3/h5-6,11-13H,7-10H2,1-4H3. The highest BCUT2D eigenvalue weighted by Crippen LogP contribution is 2.38. The second-order valence-electron chi connectivity index (χ2n) is 7.48. The van der Waals surface area contributed by atoms with Gasteiger partial charge in [0.1, 0.15) is 17.3 Å². The van der Waals surface area contributed by atoms with Gasteiger partial charge in [-0.2, -0.15) is 22.0 Å². The Bertz CT molecular complexity index is 1240. The van der Waals surface area contributed by atoms with E-state index < -0.39 is 10.2 Å². The number of ether oxygens (including phenoxy) is 2. The Morgan fingerprint density at radius 1 is 1.03 bits per heavy atom. The lowest BCUT2D eigenvalue weighted by atomic mass is 10.1. The van der Waals surface area contributed by atoms with Crippen LogP contribution in [0.1, 0.15) is 0 Å². The average molecular weight is 481 g/mol. The van der Waals surface area contributed by atoms with E-state index in [0.717, 1.165) is 11.4 Å². The van der Waals surface area contributed by atoms with Gasteiger partial charge < -0.3 is 14.4 Å². The SMILES string of the molecule is COc1cc(OC)c(-c2cn3ccc(N4CCN(S(=O)(=O)N(C)C)CC4)nc3n2)cc1Cl. The summed E-state index contributed by atoms with van der Waals surface area (Å²) >= 11 is 6.31. The normalized spacial score (nSPS) is 15.5. The summed E-state index contributed by atoms with van der Waals surface area (Å²) in [7, 11) is 2.79. The number of piperazine rings is 1. The van der Waals surface area contributed by atoms with Crippen molar-refractivity contribution in [2.45, 2.75) is 0 Å². The number of rotatable bonds is 6. The maximum absolute atomic E-state index is 12.3. The molecule has 3 heterocycles. The van der Waals surface area contributed by atoms with E-state index in [-0.39, 0.29) is 0 Å². The fourth-order valence-electron chi connectivity index (χ4n) is 3.61. The van der Waals surface area contributed by atoms with Crippen LogP contribution in [0.3, 0.4) is 0 Å². The molecule has 1 aliphatic heterocycles. The summed E-state index contributed by atoms with van der Waals surface area (Å²) in [5.41, 5.74) is 1.39. The molecule has 0 atom stereocenters. The van der Waals surface area contributed by atoms with E-state index in [1.54, 1.807) is 26.4 Å². The highest BCUT2D eigenvalue weighted by molar-refractivity contribution is 7.86. The van der Waals surface area contributed by atoms with Gasteiger partial charge in [0.25, 0.3) is 10.2 Å². The Morgan fingerprint density at radius 3 is 2.34 bits per heavy atom. The van der Waals surface area contributed by atoms with Crippen LogP contribution in [0.15, 0.2) is 30.6 Å². The second-order valence-corrected chi connectivity index (χ2v) is 10.0. The molecule has 3 aromatic rings. The third kappa shape index (κ3) is 4.08. The van der Waals surface area contributed by atoms with E-state index in [1.807, 2.05) is 22.9 Å². The summed E-state index contributed by atoms with van der Waals surface area (Å²) in [5.74, 6) is 2.38. The molecule has 2 aromatic heterocycles. The van der Waals surface area contributed by atoms with E-state index in [0.29, 0.717) is 54.2 Å². The van der Waals surface area contributed by atoms with E-state index >= 15 is 0 Å². The smallest absolute Gasteiger partial charge is 0.281 e. The van der Waals surface area contributed by atoms with Crippen LogP contribution in [-0.2, 0) is 10.2 Å². The highest BCUT2D eigenvalue weighted by Gasteiger charge is 2.29. The Kier molecular flexibility index (Phi) is 6.17. The third-order valence-electron chi connectivity index (χ3n) is 5.41. The van der Waals surface area contributed by atoms with E-state index in [1.165, 1.54) is 22.7 Å².